The van der Waals surface area contributed by atoms with Gasteiger partial charge in [-0.05, 0) is 37.3 Å². The van der Waals surface area contributed by atoms with Gasteiger partial charge < -0.3 is 4.90 Å². The van der Waals surface area contributed by atoms with Crippen LogP contribution in [0.2, 0.25) is 0 Å². The smallest absolute Gasteiger partial charge is 0.0747 e. The monoisotopic (exact) mass is 333 g/mol. The van der Waals surface area contributed by atoms with Crippen LogP contribution in [-0.4, -0.2) is 28.7 Å². The highest BCUT2D eigenvalue weighted by molar-refractivity contribution is 9.10. The average Bonchev–Trinajstić information content (AvgIpc) is 2.32. The zero-order valence-corrected chi connectivity index (χ0v) is 13.9. The standard InChI is InChI=1S/C7H5BrS2.C6H15N/c8-6-3-1-5(2-4-6)7(9)10;1-4-7(5-2)6-3/h1-4H,(H,9,10);4-6H2,1-3H3. The topological polar surface area (TPSA) is 3.24 Å². The van der Waals surface area contributed by atoms with E-state index >= 15 is 0 Å². The molecule has 4 heteroatoms. The van der Waals surface area contributed by atoms with Crippen LogP contribution in [-0.2, 0) is 0 Å². The summed E-state index contributed by atoms with van der Waals surface area (Å²) in [6.07, 6.45) is 0. The van der Waals surface area contributed by atoms with Gasteiger partial charge >= 0.3 is 0 Å². The van der Waals surface area contributed by atoms with Gasteiger partial charge in [0.1, 0.15) is 0 Å². The molecule has 1 aromatic rings. The molecule has 1 aromatic carbocycles. The molecule has 0 bridgehead atoms. The van der Waals surface area contributed by atoms with E-state index in [-0.39, 0.29) is 0 Å². The minimum atomic E-state index is 0.632. The number of nitrogens with zero attached hydrogens (tertiary/aromatic N) is 1. The fourth-order valence-corrected chi connectivity index (χ4v) is 1.81. The van der Waals surface area contributed by atoms with Crippen LogP contribution in [0, 0.1) is 0 Å². The molecule has 1 nitrogen and oxygen atoms in total. The fraction of sp³-hybridized carbons (Fsp3) is 0.462. The number of hydrogen-bond donors (Lipinski definition) is 1. The number of benzene rings is 1. The summed E-state index contributed by atoms with van der Waals surface area (Å²) in [6.45, 7) is 10.1. The molecule has 0 heterocycles. The quantitative estimate of drug-likeness (QED) is 0.642. The molecule has 1 rings (SSSR count). The lowest BCUT2D eigenvalue weighted by atomic mass is 10.2. The molecule has 17 heavy (non-hydrogen) atoms. The number of rotatable bonds is 4. The van der Waals surface area contributed by atoms with Crippen LogP contribution in [0.25, 0.3) is 0 Å². The second kappa shape index (κ2) is 10.1. The first kappa shape index (κ1) is 17.1. The summed E-state index contributed by atoms with van der Waals surface area (Å²) >= 11 is 12.2. The minimum Gasteiger partial charge on any atom is -0.304 e. The van der Waals surface area contributed by atoms with E-state index < -0.39 is 0 Å². The maximum Gasteiger partial charge on any atom is 0.0747 e. The van der Waals surface area contributed by atoms with Gasteiger partial charge in [0.15, 0.2) is 0 Å². The molecule has 0 N–H and O–H groups in total. The van der Waals surface area contributed by atoms with Crippen molar-refractivity contribution in [3.05, 3.63) is 34.3 Å². The van der Waals surface area contributed by atoms with E-state index in [4.69, 9.17) is 12.2 Å². The summed E-state index contributed by atoms with van der Waals surface area (Å²) in [5, 5.41) is 0. The van der Waals surface area contributed by atoms with E-state index in [0.717, 1.165) is 10.0 Å². The van der Waals surface area contributed by atoms with Crippen molar-refractivity contribution in [1.82, 2.24) is 4.90 Å². The summed E-state index contributed by atoms with van der Waals surface area (Å²) < 4.78 is 1.69. The number of thiocarbonyl (C=S) groups is 1. The van der Waals surface area contributed by atoms with Crippen LogP contribution in [0.3, 0.4) is 0 Å². The normalized spacial score (nSPS) is 9.76. The van der Waals surface area contributed by atoms with Gasteiger partial charge in [0.05, 0.1) is 4.20 Å². The van der Waals surface area contributed by atoms with Crippen molar-refractivity contribution in [2.75, 3.05) is 19.6 Å². The van der Waals surface area contributed by atoms with Gasteiger partial charge in [-0.15, -0.1) is 12.6 Å². The molecule has 0 unspecified atom stereocenters. The summed E-state index contributed by atoms with van der Waals surface area (Å²) in [6, 6.07) is 7.74. The Hall–Kier alpha value is 0.1000. The summed E-state index contributed by atoms with van der Waals surface area (Å²) in [5.74, 6) is 0. The van der Waals surface area contributed by atoms with Crippen molar-refractivity contribution in [2.24, 2.45) is 0 Å². The highest BCUT2D eigenvalue weighted by atomic mass is 79.9. The molecule has 0 aliphatic rings. The Morgan fingerprint density at radius 3 is 1.76 bits per heavy atom. The van der Waals surface area contributed by atoms with Crippen molar-refractivity contribution in [1.29, 1.82) is 0 Å². The average molecular weight is 334 g/mol. The molecule has 0 spiro atoms. The van der Waals surface area contributed by atoms with Gasteiger partial charge in [0.25, 0.3) is 0 Å². The first-order valence-corrected chi connectivity index (χ1v) is 7.41. The third kappa shape index (κ3) is 7.92. The minimum absolute atomic E-state index is 0.632. The van der Waals surface area contributed by atoms with Crippen molar-refractivity contribution >= 4 is 45.0 Å². The molecular formula is C13H20BrNS2. The maximum atomic E-state index is 4.85. The zero-order chi connectivity index (χ0) is 13.3. The summed E-state index contributed by atoms with van der Waals surface area (Å²) in [4.78, 5) is 2.38. The van der Waals surface area contributed by atoms with Crippen molar-refractivity contribution < 1.29 is 0 Å². The Bertz CT molecular complexity index is 315. The van der Waals surface area contributed by atoms with E-state index in [9.17, 15) is 0 Å². The van der Waals surface area contributed by atoms with Gasteiger partial charge in [-0.1, -0.05) is 61.1 Å². The highest BCUT2D eigenvalue weighted by Crippen LogP contribution is 2.12. The van der Waals surface area contributed by atoms with Gasteiger partial charge in [-0.2, -0.15) is 0 Å². The van der Waals surface area contributed by atoms with Gasteiger partial charge in [0, 0.05) is 4.47 Å². The van der Waals surface area contributed by atoms with Gasteiger partial charge in [-0.3, -0.25) is 0 Å². The molecule has 0 aliphatic heterocycles. The van der Waals surface area contributed by atoms with Crippen molar-refractivity contribution in [3.63, 3.8) is 0 Å². The largest absolute Gasteiger partial charge is 0.304 e. The molecule has 0 aromatic heterocycles. The van der Waals surface area contributed by atoms with E-state index in [0.29, 0.717) is 4.20 Å². The predicted molar refractivity (Wildman–Crippen MR) is 88.3 cm³/mol. The lowest BCUT2D eigenvalue weighted by Crippen LogP contribution is -2.21. The Balaban J connectivity index is 0.000000325. The molecule has 0 amide bonds. The van der Waals surface area contributed by atoms with E-state index in [2.05, 4.69) is 54.2 Å². The molecule has 0 fully saturated rings. The van der Waals surface area contributed by atoms with Crippen LogP contribution in [0.4, 0.5) is 0 Å². The SMILES string of the molecule is CCN(CC)CC.S=C(S)c1ccc(Br)cc1. The van der Waals surface area contributed by atoms with Crippen LogP contribution in [0.1, 0.15) is 26.3 Å². The first-order chi connectivity index (χ1) is 8.04. The van der Waals surface area contributed by atoms with Crippen molar-refractivity contribution in [3.8, 4) is 0 Å². The Morgan fingerprint density at radius 1 is 1.12 bits per heavy atom. The summed E-state index contributed by atoms with van der Waals surface area (Å²) in [7, 11) is 0. The zero-order valence-electron chi connectivity index (χ0n) is 10.6. The fourth-order valence-electron chi connectivity index (χ4n) is 1.26. The first-order valence-electron chi connectivity index (χ1n) is 5.76. The van der Waals surface area contributed by atoms with Gasteiger partial charge in [-0.25, -0.2) is 0 Å². The Morgan fingerprint density at radius 2 is 1.53 bits per heavy atom. The van der Waals surface area contributed by atoms with Crippen LogP contribution < -0.4 is 0 Å². The lowest BCUT2D eigenvalue weighted by molar-refractivity contribution is 0.321. The molecule has 0 saturated carbocycles. The third-order valence-corrected chi connectivity index (χ3v) is 3.46. The van der Waals surface area contributed by atoms with Gasteiger partial charge in [0.2, 0.25) is 0 Å². The second-order valence-corrected chi connectivity index (χ2v) is 5.51. The number of hydrogen-bond acceptors (Lipinski definition) is 2. The second-order valence-electron chi connectivity index (χ2n) is 3.43. The Labute approximate surface area is 124 Å². The van der Waals surface area contributed by atoms with E-state index in [1.54, 1.807) is 0 Å². The van der Waals surface area contributed by atoms with Crippen LogP contribution >= 0.6 is 40.8 Å². The predicted octanol–water partition coefficient (Wildman–Crippen LogP) is 4.40. The molecule has 0 saturated heterocycles. The molecule has 0 radical (unpaired) electrons. The molecule has 0 aliphatic carbocycles. The van der Waals surface area contributed by atoms with Crippen molar-refractivity contribution in [2.45, 2.75) is 20.8 Å². The maximum absolute atomic E-state index is 4.85. The van der Waals surface area contributed by atoms with E-state index in [1.165, 1.54) is 19.6 Å². The number of halogens is 1. The van der Waals surface area contributed by atoms with Crippen LogP contribution in [0.15, 0.2) is 28.7 Å². The molecular weight excluding hydrogens is 314 g/mol. The molecule has 0 atom stereocenters. The Kier molecular flexibility index (Phi) is 10.1. The van der Waals surface area contributed by atoms with Crippen LogP contribution in [0.5, 0.6) is 0 Å². The summed E-state index contributed by atoms with van der Waals surface area (Å²) in [5.41, 5.74) is 0.988. The molecule has 96 valence electrons. The lowest BCUT2D eigenvalue weighted by Gasteiger charge is -2.13. The van der Waals surface area contributed by atoms with E-state index in [1.807, 2.05) is 24.3 Å². The number of thiol groups is 1. The highest BCUT2D eigenvalue weighted by Gasteiger charge is 1.93. The third-order valence-electron chi connectivity index (χ3n) is 2.43.